The number of methoxy groups -OCH3 is 1. The number of aromatic amines is 2. The lowest BCUT2D eigenvalue weighted by Crippen LogP contribution is -2.11. The van der Waals surface area contributed by atoms with Crippen LogP contribution in [-0.4, -0.2) is 40.0 Å². The maximum absolute atomic E-state index is 12.2. The summed E-state index contributed by atoms with van der Waals surface area (Å²) >= 11 is 0. The molecule has 3 N–H and O–H groups in total. The molecule has 0 saturated heterocycles. The molecular formula is C26H23N5O4. The molecule has 35 heavy (non-hydrogen) atoms. The molecule has 0 unspecified atom stereocenters. The normalized spacial score (nSPS) is 11.0. The first-order valence-electron chi connectivity index (χ1n) is 11.1. The maximum Gasteiger partial charge on any atom is 0.413 e. The van der Waals surface area contributed by atoms with Crippen LogP contribution in [0.5, 0.6) is 5.75 Å². The van der Waals surface area contributed by atoms with E-state index >= 15 is 0 Å². The molecule has 0 spiro atoms. The third-order valence-corrected chi connectivity index (χ3v) is 5.69. The highest BCUT2D eigenvalue weighted by molar-refractivity contribution is 5.89. The largest absolute Gasteiger partial charge is 0.493 e. The number of amides is 1. The van der Waals surface area contributed by atoms with E-state index in [1.807, 2.05) is 55.5 Å². The number of ether oxygens (including phenoxy) is 2. The summed E-state index contributed by atoms with van der Waals surface area (Å²) in [7, 11) is 1.30. The molecule has 176 valence electrons. The lowest BCUT2D eigenvalue weighted by molar-refractivity contribution is 0.186. The Balaban J connectivity index is 1.54. The van der Waals surface area contributed by atoms with E-state index in [0.29, 0.717) is 29.9 Å². The van der Waals surface area contributed by atoms with Crippen LogP contribution in [0, 0.1) is 0 Å². The first kappa shape index (κ1) is 22.1. The smallest absolute Gasteiger partial charge is 0.413 e. The van der Waals surface area contributed by atoms with E-state index < -0.39 is 6.09 Å². The van der Waals surface area contributed by atoms with Gasteiger partial charge in [0.15, 0.2) is 0 Å². The predicted molar refractivity (Wildman–Crippen MR) is 134 cm³/mol. The molecule has 0 aliphatic rings. The Bertz CT molecular complexity index is 1610. The molecule has 2 heterocycles. The number of nitrogens with zero attached hydrogens (tertiary/aromatic N) is 2. The molecule has 0 fully saturated rings. The summed E-state index contributed by atoms with van der Waals surface area (Å²) in [5.74, 6) is 1.06. The molecule has 5 aromatic rings. The van der Waals surface area contributed by atoms with Gasteiger partial charge in [0.05, 0.1) is 35.8 Å². The zero-order valence-electron chi connectivity index (χ0n) is 19.2. The number of nitrogens with one attached hydrogen (secondary N) is 3. The number of rotatable bonds is 6. The highest BCUT2D eigenvalue weighted by Crippen LogP contribution is 2.34. The molecule has 3 aromatic carbocycles. The van der Waals surface area contributed by atoms with Gasteiger partial charge in [0.25, 0.3) is 5.56 Å². The zero-order valence-corrected chi connectivity index (χ0v) is 19.2. The first-order chi connectivity index (χ1) is 17.1. The molecule has 2 aromatic heterocycles. The van der Waals surface area contributed by atoms with Crippen molar-refractivity contribution < 1.29 is 14.3 Å². The standard InChI is InChI=1S/C26H23N5O4/c1-3-35-23-11-8-15(13-21-17-6-4-5-7-18(17)24(32)31-30-21)12-19(23)16-9-10-20-22(14-16)28-25(27-20)29-26(33)34-2/h4-12,14H,3,13H2,1-2H3,(H,31,32)(H2,27,28,29,33). The number of fused-ring (bicyclic) bond motifs is 2. The van der Waals surface area contributed by atoms with Gasteiger partial charge in [0.2, 0.25) is 5.95 Å². The average Bonchev–Trinajstić information content (AvgIpc) is 3.28. The van der Waals surface area contributed by atoms with Crippen LogP contribution in [0.3, 0.4) is 0 Å². The van der Waals surface area contributed by atoms with Crippen molar-refractivity contribution in [3.8, 4) is 16.9 Å². The molecule has 0 atom stereocenters. The Morgan fingerprint density at radius 2 is 1.89 bits per heavy atom. The Kier molecular flexibility index (Phi) is 5.88. The number of hydrogen-bond acceptors (Lipinski definition) is 6. The summed E-state index contributed by atoms with van der Waals surface area (Å²) in [6, 6.07) is 19.3. The second-order valence-corrected chi connectivity index (χ2v) is 7.92. The summed E-state index contributed by atoms with van der Waals surface area (Å²) in [6.45, 7) is 2.47. The van der Waals surface area contributed by atoms with Gasteiger partial charge in [0.1, 0.15) is 5.75 Å². The van der Waals surface area contributed by atoms with Crippen LogP contribution < -0.4 is 15.6 Å². The van der Waals surface area contributed by atoms with Gasteiger partial charge < -0.3 is 14.5 Å². The van der Waals surface area contributed by atoms with E-state index in [9.17, 15) is 9.59 Å². The fourth-order valence-corrected chi connectivity index (χ4v) is 4.08. The van der Waals surface area contributed by atoms with Gasteiger partial charge in [-0.1, -0.05) is 30.3 Å². The van der Waals surface area contributed by atoms with Gasteiger partial charge in [-0.25, -0.2) is 14.9 Å². The Morgan fingerprint density at radius 3 is 2.69 bits per heavy atom. The second-order valence-electron chi connectivity index (χ2n) is 7.92. The van der Waals surface area contributed by atoms with Crippen LogP contribution >= 0.6 is 0 Å². The van der Waals surface area contributed by atoms with Crippen molar-refractivity contribution in [1.29, 1.82) is 0 Å². The highest BCUT2D eigenvalue weighted by atomic mass is 16.5. The van der Waals surface area contributed by atoms with E-state index in [0.717, 1.165) is 39.0 Å². The minimum atomic E-state index is -0.598. The Labute approximate surface area is 200 Å². The quantitative estimate of drug-likeness (QED) is 0.333. The number of imidazole rings is 1. The van der Waals surface area contributed by atoms with Crippen molar-refractivity contribution in [2.45, 2.75) is 13.3 Å². The van der Waals surface area contributed by atoms with E-state index in [4.69, 9.17) is 4.74 Å². The number of carbonyl (C=O) groups is 1. The first-order valence-corrected chi connectivity index (χ1v) is 11.1. The summed E-state index contributed by atoms with van der Waals surface area (Å²) < 4.78 is 10.5. The molecule has 5 rings (SSSR count). The second kappa shape index (κ2) is 9.30. The predicted octanol–water partition coefficient (Wildman–Crippen LogP) is 4.63. The number of carbonyl (C=O) groups excluding carboxylic acids is 1. The summed E-state index contributed by atoms with van der Waals surface area (Å²) in [5.41, 5.74) is 4.91. The third-order valence-electron chi connectivity index (χ3n) is 5.69. The Morgan fingerprint density at radius 1 is 1.06 bits per heavy atom. The molecule has 0 bridgehead atoms. The molecule has 1 amide bonds. The molecule has 0 saturated carbocycles. The van der Waals surface area contributed by atoms with Gasteiger partial charge >= 0.3 is 6.09 Å². The average molecular weight is 470 g/mol. The van der Waals surface area contributed by atoms with Gasteiger partial charge in [-0.2, -0.15) is 5.10 Å². The van der Waals surface area contributed by atoms with Crippen LogP contribution in [0.4, 0.5) is 10.7 Å². The summed E-state index contributed by atoms with van der Waals surface area (Å²) in [6.07, 6.45) is -0.0603. The molecule has 9 heteroatoms. The lowest BCUT2D eigenvalue weighted by Gasteiger charge is -2.13. The number of benzene rings is 3. The topological polar surface area (TPSA) is 122 Å². The summed E-state index contributed by atoms with van der Waals surface area (Å²) in [4.78, 5) is 31.1. The van der Waals surface area contributed by atoms with Crippen molar-refractivity contribution in [1.82, 2.24) is 20.2 Å². The number of hydrogen-bond donors (Lipinski definition) is 3. The van der Waals surface area contributed by atoms with Gasteiger partial charge in [-0.05, 0) is 48.4 Å². The van der Waals surface area contributed by atoms with Crippen LogP contribution in [-0.2, 0) is 11.2 Å². The number of anilines is 1. The Hall–Kier alpha value is -4.66. The molecular weight excluding hydrogens is 446 g/mol. The van der Waals surface area contributed by atoms with Crippen molar-refractivity contribution >= 4 is 33.8 Å². The van der Waals surface area contributed by atoms with Crippen molar-refractivity contribution in [3.05, 3.63) is 82.3 Å². The van der Waals surface area contributed by atoms with Crippen molar-refractivity contribution in [2.75, 3.05) is 19.0 Å². The van der Waals surface area contributed by atoms with Gasteiger partial charge in [0, 0.05) is 17.4 Å². The van der Waals surface area contributed by atoms with Crippen LogP contribution in [0.2, 0.25) is 0 Å². The molecule has 0 aliphatic carbocycles. The van der Waals surface area contributed by atoms with Crippen molar-refractivity contribution in [2.24, 2.45) is 0 Å². The summed E-state index contributed by atoms with van der Waals surface area (Å²) in [5, 5.41) is 10.9. The van der Waals surface area contributed by atoms with E-state index in [1.165, 1.54) is 7.11 Å². The third kappa shape index (κ3) is 4.43. The van der Waals surface area contributed by atoms with Crippen LogP contribution in [0.15, 0.2) is 65.5 Å². The van der Waals surface area contributed by atoms with Crippen LogP contribution in [0.25, 0.3) is 32.9 Å². The highest BCUT2D eigenvalue weighted by Gasteiger charge is 2.13. The zero-order chi connectivity index (χ0) is 24.4. The van der Waals surface area contributed by atoms with Crippen molar-refractivity contribution in [3.63, 3.8) is 0 Å². The van der Waals surface area contributed by atoms with E-state index in [-0.39, 0.29) is 5.56 Å². The lowest BCUT2D eigenvalue weighted by atomic mass is 9.98. The molecule has 9 nitrogen and oxygen atoms in total. The van der Waals surface area contributed by atoms with E-state index in [2.05, 4.69) is 36.3 Å². The maximum atomic E-state index is 12.2. The fraction of sp³-hybridized carbons (Fsp3) is 0.154. The molecule has 0 radical (unpaired) electrons. The van der Waals surface area contributed by atoms with Gasteiger partial charge in [-0.15, -0.1) is 0 Å². The number of aromatic nitrogens is 4. The fourth-order valence-electron chi connectivity index (χ4n) is 4.08. The SMILES string of the molecule is CCOc1ccc(Cc2n[nH]c(=O)c3ccccc23)cc1-c1ccc2nc(NC(=O)OC)[nH]c2c1. The van der Waals surface area contributed by atoms with Crippen LogP contribution in [0.1, 0.15) is 18.2 Å². The monoisotopic (exact) mass is 469 g/mol. The number of H-pyrrole nitrogens is 2. The molecule has 0 aliphatic heterocycles. The van der Waals surface area contributed by atoms with E-state index in [1.54, 1.807) is 6.07 Å². The van der Waals surface area contributed by atoms with Gasteiger partial charge in [-0.3, -0.25) is 10.1 Å². The minimum Gasteiger partial charge on any atom is -0.493 e. The minimum absolute atomic E-state index is 0.203.